The second-order valence-electron chi connectivity index (χ2n) is 2.30. The molecule has 0 spiro atoms. The van der Waals surface area contributed by atoms with Crippen LogP contribution in [0.15, 0.2) is 0 Å². The third kappa shape index (κ3) is 1.07. The van der Waals surface area contributed by atoms with Crippen molar-refractivity contribution in [2.45, 2.75) is 19.9 Å². The number of rotatable bonds is 0. The maximum Gasteiger partial charge on any atom is 0.00966 e. The van der Waals surface area contributed by atoms with Crippen molar-refractivity contribution in [3.63, 3.8) is 0 Å². The molecule has 1 fully saturated rings. The van der Waals surface area contributed by atoms with Crippen LogP contribution >= 0.6 is 12.4 Å². The first-order valence-electron chi connectivity index (χ1n) is 2.49. The zero-order valence-electron chi connectivity index (χ0n) is 4.72. The molecule has 1 rings (SSSR count). The quantitative estimate of drug-likeness (QED) is 0.509. The highest BCUT2D eigenvalue weighted by molar-refractivity contribution is 5.85. The fourth-order valence-electron chi connectivity index (χ4n) is 0.701. The van der Waals surface area contributed by atoms with Gasteiger partial charge in [-0.1, -0.05) is 13.8 Å². The van der Waals surface area contributed by atoms with Gasteiger partial charge in [-0.3, -0.25) is 0 Å². The Morgan fingerprint density at radius 2 is 1.29 bits per heavy atom. The summed E-state index contributed by atoms with van der Waals surface area (Å²) >= 11 is 0. The van der Waals surface area contributed by atoms with Crippen LogP contribution in [0.1, 0.15) is 13.8 Å². The third-order valence-corrected chi connectivity index (χ3v) is 1.90. The zero-order chi connectivity index (χ0) is 4.73. The normalized spacial score (nSPS) is 47.6. The van der Waals surface area contributed by atoms with Crippen LogP contribution in [0.4, 0.5) is 0 Å². The molecule has 0 heterocycles. The van der Waals surface area contributed by atoms with E-state index in [1.54, 1.807) is 0 Å². The minimum Gasteiger partial charge on any atom is -0.327 e. The van der Waals surface area contributed by atoms with Crippen molar-refractivity contribution in [3.8, 4) is 0 Å². The van der Waals surface area contributed by atoms with Crippen LogP contribution in [0.3, 0.4) is 0 Å². The smallest absolute Gasteiger partial charge is 0.00966 e. The predicted octanol–water partition coefficient (Wildman–Crippen LogP) is 1.02. The first-order chi connectivity index (χ1) is 2.73. The Balaban J connectivity index is 0.000000360. The molecule has 0 aromatic carbocycles. The molecule has 0 saturated heterocycles. The summed E-state index contributed by atoms with van der Waals surface area (Å²) in [4.78, 5) is 0. The van der Waals surface area contributed by atoms with Crippen molar-refractivity contribution < 1.29 is 0 Å². The van der Waals surface area contributed by atoms with Crippen LogP contribution < -0.4 is 5.73 Å². The number of hydrogen-bond acceptors (Lipinski definition) is 1. The number of nitrogens with two attached hydrogens (primary N) is 1. The van der Waals surface area contributed by atoms with E-state index in [-0.39, 0.29) is 12.4 Å². The topological polar surface area (TPSA) is 26.0 Å². The molecule has 1 nitrogen and oxygen atoms in total. The lowest BCUT2D eigenvalue weighted by atomic mass is 10.4. The average molecular weight is 122 g/mol. The molecule has 0 aliphatic heterocycles. The molecule has 44 valence electrons. The molecule has 0 bridgehead atoms. The predicted molar refractivity (Wildman–Crippen MR) is 33.6 cm³/mol. The van der Waals surface area contributed by atoms with Crippen LogP contribution in [0.5, 0.6) is 0 Å². The summed E-state index contributed by atoms with van der Waals surface area (Å²) in [5.74, 6) is 1.59. The molecule has 1 saturated carbocycles. The molecule has 1 aliphatic rings. The molecule has 2 heteroatoms. The Labute approximate surface area is 50.7 Å². The van der Waals surface area contributed by atoms with Gasteiger partial charge < -0.3 is 5.73 Å². The number of halogens is 1. The van der Waals surface area contributed by atoms with Gasteiger partial charge in [0.1, 0.15) is 0 Å². The Hall–Kier alpha value is 0.250. The average Bonchev–Trinajstić information content (AvgIpc) is 1.94. The fourth-order valence-corrected chi connectivity index (χ4v) is 0.701. The molecule has 0 radical (unpaired) electrons. The van der Waals surface area contributed by atoms with Gasteiger partial charge in [-0.2, -0.15) is 0 Å². The van der Waals surface area contributed by atoms with Gasteiger partial charge in [0.05, 0.1) is 0 Å². The molecule has 0 amide bonds. The van der Waals surface area contributed by atoms with Gasteiger partial charge in [-0.25, -0.2) is 0 Å². The standard InChI is InChI=1S/C5H11N.ClH/c1-3-4(2)5(3)6;/h3-5H,6H2,1-2H3;1H/t3-,4-;/m1./s1. The van der Waals surface area contributed by atoms with Crippen molar-refractivity contribution in [3.05, 3.63) is 0 Å². The van der Waals surface area contributed by atoms with Crippen LogP contribution in [-0.2, 0) is 0 Å². The van der Waals surface area contributed by atoms with Gasteiger partial charge in [0, 0.05) is 6.04 Å². The first kappa shape index (κ1) is 7.25. The maximum atomic E-state index is 5.51. The Kier molecular flexibility index (Phi) is 2.09. The van der Waals surface area contributed by atoms with Gasteiger partial charge in [0.15, 0.2) is 0 Å². The summed E-state index contributed by atoms with van der Waals surface area (Å²) in [7, 11) is 0. The van der Waals surface area contributed by atoms with E-state index in [9.17, 15) is 0 Å². The molecule has 2 atom stereocenters. The van der Waals surface area contributed by atoms with E-state index in [4.69, 9.17) is 5.73 Å². The van der Waals surface area contributed by atoms with Crippen LogP contribution in [0.2, 0.25) is 0 Å². The molecule has 7 heavy (non-hydrogen) atoms. The summed E-state index contributed by atoms with van der Waals surface area (Å²) < 4.78 is 0. The first-order valence-corrected chi connectivity index (χ1v) is 2.49. The Morgan fingerprint density at radius 1 is 1.14 bits per heavy atom. The second kappa shape index (κ2) is 2.01. The van der Waals surface area contributed by atoms with Gasteiger partial charge in [0.2, 0.25) is 0 Å². The van der Waals surface area contributed by atoms with Crippen LogP contribution in [0, 0.1) is 11.8 Å². The summed E-state index contributed by atoms with van der Waals surface area (Å²) in [6.45, 7) is 4.38. The molecule has 1 aliphatic carbocycles. The second-order valence-corrected chi connectivity index (χ2v) is 2.30. The summed E-state index contributed by atoms with van der Waals surface area (Å²) in [5, 5.41) is 0. The lowest BCUT2D eigenvalue weighted by molar-refractivity contribution is 0.834. The minimum atomic E-state index is 0. The Morgan fingerprint density at radius 3 is 1.29 bits per heavy atom. The van der Waals surface area contributed by atoms with Crippen molar-refractivity contribution in [2.75, 3.05) is 0 Å². The number of hydrogen-bond donors (Lipinski definition) is 1. The van der Waals surface area contributed by atoms with Crippen LogP contribution in [0.25, 0.3) is 0 Å². The van der Waals surface area contributed by atoms with E-state index in [2.05, 4.69) is 13.8 Å². The largest absolute Gasteiger partial charge is 0.327 e. The molecular formula is C5H12ClN. The van der Waals surface area contributed by atoms with Gasteiger partial charge in [-0.15, -0.1) is 12.4 Å². The van der Waals surface area contributed by atoms with Crippen LogP contribution in [-0.4, -0.2) is 6.04 Å². The van der Waals surface area contributed by atoms with Gasteiger partial charge in [0.25, 0.3) is 0 Å². The fraction of sp³-hybridized carbons (Fsp3) is 1.00. The van der Waals surface area contributed by atoms with Crippen molar-refractivity contribution in [1.29, 1.82) is 0 Å². The van der Waals surface area contributed by atoms with Gasteiger partial charge >= 0.3 is 0 Å². The highest BCUT2D eigenvalue weighted by Gasteiger charge is 2.38. The summed E-state index contributed by atoms with van der Waals surface area (Å²) in [6.07, 6.45) is 0. The SMILES string of the molecule is C[C@H]1C(N)[C@@H]1C.Cl. The van der Waals surface area contributed by atoms with E-state index in [0.29, 0.717) is 6.04 Å². The third-order valence-electron chi connectivity index (χ3n) is 1.90. The lowest BCUT2D eigenvalue weighted by Crippen LogP contribution is -2.01. The minimum absolute atomic E-state index is 0. The summed E-state index contributed by atoms with van der Waals surface area (Å²) in [6, 6.07) is 0.519. The van der Waals surface area contributed by atoms with Gasteiger partial charge in [-0.05, 0) is 11.8 Å². The maximum absolute atomic E-state index is 5.51. The molecular weight excluding hydrogens is 110 g/mol. The van der Waals surface area contributed by atoms with Crippen molar-refractivity contribution in [2.24, 2.45) is 17.6 Å². The van der Waals surface area contributed by atoms with E-state index < -0.39 is 0 Å². The van der Waals surface area contributed by atoms with E-state index >= 15 is 0 Å². The highest BCUT2D eigenvalue weighted by atomic mass is 35.5. The molecule has 0 aromatic heterocycles. The van der Waals surface area contributed by atoms with E-state index in [1.807, 2.05) is 0 Å². The molecule has 0 aromatic rings. The van der Waals surface area contributed by atoms with Crippen molar-refractivity contribution >= 4 is 12.4 Å². The van der Waals surface area contributed by atoms with E-state index in [0.717, 1.165) is 11.8 Å². The zero-order valence-corrected chi connectivity index (χ0v) is 5.53. The lowest BCUT2D eigenvalue weighted by Gasteiger charge is -1.69. The monoisotopic (exact) mass is 121 g/mol. The van der Waals surface area contributed by atoms with Crippen molar-refractivity contribution in [1.82, 2.24) is 0 Å². The Bertz CT molecular complexity index is 44.8. The molecule has 2 N–H and O–H groups in total. The van der Waals surface area contributed by atoms with E-state index in [1.165, 1.54) is 0 Å². The summed E-state index contributed by atoms with van der Waals surface area (Å²) in [5.41, 5.74) is 5.51. The highest BCUT2D eigenvalue weighted by Crippen LogP contribution is 2.34. The molecule has 0 unspecified atom stereocenters.